The van der Waals surface area contributed by atoms with Crippen LogP contribution in [-0.2, 0) is 17.9 Å². The van der Waals surface area contributed by atoms with Gasteiger partial charge in [0.25, 0.3) is 5.69 Å². The monoisotopic (exact) mass is 376 g/mol. The molecular formula is C20H16N4O4. The molecule has 0 unspecified atom stereocenters. The fourth-order valence-corrected chi connectivity index (χ4v) is 2.60. The molecule has 8 heteroatoms. The van der Waals surface area contributed by atoms with E-state index in [1.807, 2.05) is 36.4 Å². The van der Waals surface area contributed by atoms with Crippen molar-refractivity contribution in [3.8, 4) is 17.3 Å². The van der Waals surface area contributed by atoms with Crippen LogP contribution in [0.4, 0.5) is 5.69 Å². The average molecular weight is 376 g/mol. The number of carbonyl (C=O) groups excluding carboxylic acids is 1. The predicted octanol–water partition coefficient (Wildman–Crippen LogP) is 3.73. The van der Waals surface area contributed by atoms with Crippen LogP contribution in [0.3, 0.4) is 0 Å². The topological polar surface area (TPSA) is 111 Å². The Balaban J connectivity index is 1.87. The van der Waals surface area contributed by atoms with Crippen molar-refractivity contribution in [2.75, 3.05) is 0 Å². The molecule has 3 rings (SSSR count). The molecule has 0 saturated carbocycles. The lowest BCUT2D eigenvalue weighted by atomic mass is 10.1. The first-order valence-electron chi connectivity index (χ1n) is 8.49. The van der Waals surface area contributed by atoms with E-state index in [9.17, 15) is 14.9 Å². The van der Waals surface area contributed by atoms with Gasteiger partial charge in [0.05, 0.1) is 24.0 Å². The van der Waals surface area contributed by atoms with Gasteiger partial charge in [-0.25, -0.2) is 4.79 Å². The van der Waals surface area contributed by atoms with Gasteiger partial charge in [-0.05, 0) is 17.7 Å². The maximum Gasteiger partial charge on any atom is 0.342 e. The van der Waals surface area contributed by atoms with Crippen LogP contribution in [-0.4, -0.2) is 20.7 Å². The summed E-state index contributed by atoms with van der Waals surface area (Å²) in [7, 11) is 0. The number of aryl methyl sites for hydroxylation is 1. The van der Waals surface area contributed by atoms with E-state index >= 15 is 0 Å². The summed E-state index contributed by atoms with van der Waals surface area (Å²) in [6, 6.07) is 17.1. The molecule has 0 saturated heterocycles. The van der Waals surface area contributed by atoms with E-state index in [1.165, 1.54) is 35.1 Å². The van der Waals surface area contributed by atoms with Crippen molar-refractivity contribution in [2.45, 2.75) is 19.6 Å². The maximum absolute atomic E-state index is 12.6. The fourth-order valence-electron chi connectivity index (χ4n) is 2.60. The second kappa shape index (κ2) is 8.60. The van der Waals surface area contributed by atoms with Crippen molar-refractivity contribution in [1.29, 1.82) is 5.26 Å². The normalized spacial score (nSPS) is 10.2. The smallest absolute Gasteiger partial charge is 0.342 e. The zero-order valence-electron chi connectivity index (χ0n) is 14.8. The highest BCUT2D eigenvalue weighted by Gasteiger charge is 2.20. The molecule has 0 aliphatic rings. The number of benzene rings is 2. The molecule has 8 nitrogen and oxygen atoms in total. The molecule has 0 N–H and O–H groups in total. The third-order valence-corrected chi connectivity index (χ3v) is 4.00. The number of carbonyl (C=O) groups is 1. The lowest BCUT2D eigenvalue weighted by Gasteiger charge is -2.05. The number of aromatic nitrogens is 2. The van der Waals surface area contributed by atoms with E-state index < -0.39 is 10.9 Å². The Bertz CT molecular complexity index is 1020. The van der Waals surface area contributed by atoms with Crippen LogP contribution in [0.1, 0.15) is 22.3 Å². The zero-order valence-corrected chi connectivity index (χ0v) is 14.8. The molecule has 0 radical (unpaired) electrons. The van der Waals surface area contributed by atoms with Crippen LogP contribution >= 0.6 is 0 Å². The van der Waals surface area contributed by atoms with Crippen LogP contribution in [0.25, 0.3) is 11.3 Å². The molecule has 0 atom stereocenters. The van der Waals surface area contributed by atoms with E-state index in [1.54, 1.807) is 0 Å². The van der Waals surface area contributed by atoms with Crippen LogP contribution in [0.15, 0.2) is 60.8 Å². The van der Waals surface area contributed by atoms with Gasteiger partial charge in [0.2, 0.25) is 0 Å². The predicted molar refractivity (Wildman–Crippen MR) is 100 cm³/mol. The lowest BCUT2D eigenvalue weighted by Crippen LogP contribution is -2.06. The SMILES string of the molecule is N#CCCn1cc(C(=O)OCc2ccccc2)c(-c2ccc([N+](=O)[O-])cc2)n1. The second-order valence-electron chi connectivity index (χ2n) is 5.93. The Kier molecular flexibility index (Phi) is 5.77. The standard InChI is InChI=1S/C20H16N4O4/c21-11-4-12-23-13-18(20(25)28-14-15-5-2-1-3-6-15)19(22-23)16-7-9-17(10-8-16)24(26)27/h1-3,5-10,13H,4,12,14H2. The fraction of sp³-hybridized carbons (Fsp3) is 0.150. The highest BCUT2D eigenvalue weighted by molar-refractivity contribution is 5.96. The van der Waals surface area contributed by atoms with Crippen molar-refractivity contribution in [2.24, 2.45) is 0 Å². The number of non-ortho nitro benzene ring substituents is 1. The van der Waals surface area contributed by atoms with Crippen LogP contribution in [0.5, 0.6) is 0 Å². The molecule has 1 heterocycles. The number of hydrogen-bond acceptors (Lipinski definition) is 6. The summed E-state index contributed by atoms with van der Waals surface area (Å²) < 4.78 is 6.89. The highest BCUT2D eigenvalue weighted by Crippen LogP contribution is 2.25. The Hall–Kier alpha value is -3.99. The van der Waals surface area contributed by atoms with Crippen molar-refractivity contribution in [3.05, 3.63) is 82.0 Å². The largest absolute Gasteiger partial charge is 0.457 e. The van der Waals surface area contributed by atoms with Gasteiger partial charge >= 0.3 is 5.97 Å². The van der Waals surface area contributed by atoms with Crippen LogP contribution < -0.4 is 0 Å². The summed E-state index contributed by atoms with van der Waals surface area (Å²) in [4.78, 5) is 23.0. The highest BCUT2D eigenvalue weighted by atomic mass is 16.6. The quantitative estimate of drug-likeness (QED) is 0.353. The lowest BCUT2D eigenvalue weighted by molar-refractivity contribution is -0.384. The van der Waals surface area contributed by atoms with Crippen molar-refractivity contribution in [3.63, 3.8) is 0 Å². The van der Waals surface area contributed by atoms with Crippen LogP contribution in [0.2, 0.25) is 0 Å². The van der Waals surface area contributed by atoms with E-state index in [0.717, 1.165) is 5.56 Å². The molecule has 2 aromatic carbocycles. The number of nitro groups is 1. The van der Waals surface area contributed by atoms with Gasteiger partial charge in [-0.2, -0.15) is 10.4 Å². The van der Waals surface area contributed by atoms with Gasteiger partial charge in [-0.1, -0.05) is 30.3 Å². The third kappa shape index (κ3) is 4.40. The summed E-state index contributed by atoms with van der Waals surface area (Å²) in [5, 5.41) is 24.0. The van der Waals surface area contributed by atoms with Gasteiger partial charge in [0.15, 0.2) is 0 Å². The molecule has 0 aliphatic heterocycles. The first kappa shape index (κ1) is 18.8. The minimum Gasteiger partial charge on any atom is -0.457 e. The molecule has 0 aliphatic carbocycles. The third-order valence-electron chi connectivity index (χ3n) is 4.00. The first-order valence-corrected chi connectivity index (χ1v) is 8.49. The molecule has 0 amide bonds. The maximum atomic E-state index is 12.6. The van der Waals surface area contributed by atoms with Crippen molar-refractivity contribution < 1.29 is 14.5 Å². The second-order valence-corrected chi connectivity index (χ2v) is 5.93. The van der Waals surface area contributed by atoms with E-state index in [4.69, 9.17) is 10.00 Å². The summed E-state index contributed by atoms with van der Waals surface area (Å²) in [5.41, 5.74) is 1.94. The molecule has 0 spiro atoms. The minimum atomic E-state index is -0.555. The average Bonchev–Trinajstić information content (AvgIpc) is 3.15. The van der Waals surface area contributed by atoms with Crippen molar-refractivity contribution in [1.82, 2.24) is 9.78 Å². The van der Waals surface area contributed by atoms with E-state index in [0.29, 0.717) is 17.8 Å². The number of nitrogens with zero attached hydrogens (tertiary/aromatic N) is 4. The first-order chi connectivity index (χ1) is 13.6. The van der Waals surface area contributed by atoms with Crippen molar-refractivity contribution >= 4 is 11.7 Å². The van der Waals surface area contributed by atoms with Gasteiger partial charge in [-0.15, -0.1) is 0 Å². The molecule has 1 aromatic heterocycles. The molecular weight excluding hydrogens is 360 g/mol. The Morgan fingerprint density at radius 1 is 1.18 bits per heavy atom. The van der Waals surface area contributed by atoms with Gasteiger partial charge < -0.3 is 4.74 Å². The molecule has 0 fully saturated rings. The molecule has 140 valence electrons. The molecule has 28 heavy (non-hydrogen) atoms. The van der Waals surface area contributed by atoms with E-state index in [2.05, 4.69) is 5.10 Å². The summed E-state index contributed by atoms with van der Waals surface area (Å²) >= 11 is 0. The number of esters is 1. The Labute approximate surface area is 160 Å². The number of rotatable bonds is 7. The molecule has 0 bridgehead atoms. The number of hydrogen-bond donors (Lipinski definition) is 0. The summed E-state index contributed by atoms with van der Waals surface area (Å²) in [6.45, 7) is 0.436. The number of ether oxygens (including phenoxy) is 1. The van der Waals surface area contributed by atoms with Gasteiger partial charge in [0.1, 0.15) is 17.9 Å². The number of nitriles is 1. The Morgan fingerprint density at radius 3 is 2.54 bits per heavy atom. The number of nitro benzene ring substituents is 1. The van der Waals surface area contributed by atoms with Gasteiger partial charge in [-0.3, -0.25) is 14.8 Å². The van der Waals surface area contributed by atoms with Crippen LogP contribution in [0, 0.1) is 21.4 Å². The van der Waals surface area contributed by atoms with E-state index in [-0.39, 0.29) is 24.3 Å². The minimum absolute atomic E-state index is 0.0548. The Morgan fingerprint density at radius 2 is 1.89 bits per heavy atom. The van der Waals surface area contributed by atoms with Gasteiger partial charge in [0, 0.05) is 23.9 Å². The summed E-state index contributed by atoms with van der Waals surface area (Å²) in [6.07, 6.45) is 1.77. The summed E-state index contributed by atoms with van der Waals surface area (Å²) in [5.74, 6) is -0.555. The zero-order chi connectivity index (χ0) is 19.9. The molecule has 3 aromatic rings.